The van der Waals surface area contributed by atoms with Gasteiger partial charge in [-0.15, -0.1) is 0 Å². The van der Waals surface area contributed by atoms with E-state index in [1.165, 1.54) is 0 Å². The molecular weight excluding hydrogens is 203 g/mol. The van der Waals surface area contributed by atoms with Crippen molar-refractivity contribution in [3.8, 4) is 0 Å². The van der Waals surface area contributed by atoms with E-state index in [1.54, 1.807) is 12.3 Å². The number of allylic oxidation sites excluding steroid dienone is 7. The zero-order valence-electron chi connectivity index (χ0n) is 8.63. The van der Waals surface area contributed by atoms with Gasteiger partial charge in [0.25, 0.3) is 0 Å². The predicted octanol–water partition coefficient (Wildman–Crippen LogP) is 1.24. The van der Waals surface area contributed by atoms with Crippen molar-refractivity contribution in [3.63, 3.8) is 0 Å². The van der Waals surface area contributed by atoms with Gasteiger partial charge in [-0.2, -0.15) is 0 Å². The van der Waals surface area contributed by atoms with Crippen LogP contribution in [0, 0.1) is 5.41 Å². The average molecular weight is 214 g/mol. The van der Waals surface area contributed by atoms with E-state index in [9.17, 15) is 10.0 Å². The van der Waals surface area contributed by atoms with Gasteiger partial charge in [0.05, 0.1) is 11.7 Å². The Bertz CT molecular complexity index is 482. The van der Waals surface area contributed by atoms with E-state index in [2.05, 4.69) is 0 Å². The normalized spacial score (nSPS) is 29.8. The van der Waals surface area contributed by atoms with Crippen molar-refractivity contribution in [1.29, 1.82) is 0 Å². The van der Waals surface area contributed by atoms with Gasteiger partial charge in [-0.3, -0.25) is 0 Å². The van der Waals surface area contributed by atoms with Crippen molar-refractivity contribution >= 4 is 7.12 Å². The molecule has 3 nitrogen and oxygen atoms in total. The van der Waals surface area contributed by atoms with Crippen LogP contribution >= 0.6 is 0 Å². The third-order valence-electron chi connectivity index (χ3n) is 3.30. The minimum absolute atomic E-state index is 0.317. The molecule has 1 aliphatic heterocycles. The van der Waals surface area contributed by atoms with Gasteiger partial charge in [0.1, 0.15) is 5.76 Å². The van der Waals surface area contributed by atoms with E-state index in [0.29, 0.717) is 11.9 Å². The maximum absolute atomic E-state index is 9.24. The van der Waals surface area contributed by atoms with Crippen LogP contribution < -0.4 is 0 Å². The Morgan fingerprint density at radius 3 is 2.94 bits per heavy atom. The number of rotatable bonds is 1. The molecule has 0 saturated heterocycles. The SMILES string of the molecule is OB(O)C1=CC=C2OC=C3C=CC=CC32C1. The molecule has 0 aromatic heterocycles. The third-order valence-corrected chi connectivity index (χ3v) is 3.30. The third kappa shape index (κ3) is 1.17. The highest BCUT2D eigenvalue weighted by atomic mass is 16.5. The molecule has 0 aromatic rings. The first kappa shape index (κ1) is 9.69. The molecule has 1 unspecified atom stereocenters. The van der Waals surface area contributed by atoms with Gasteiger partial charge in [0.15, 0.2) is 0 Å². The maximum Gasteiger partial charge on any atom is 0.484 e. The smallest absolute Gasteiger partial charge is 0.468 e. The summed E-state index contributed by atoms with van der Waals surface area (Å²) in [7, 11) is -1.40. The summed E-state index contributed by atoms with van der Waals surface area (Å²) in [5, 5.41) is 18.5. The molecule has 1 heterocycles. The summed E-state index contributed by atoms with van der Waals surface area (Å²) in [6.45, 7) is 0. The van der Waals surface area contributed by atoms with Crippen LogP contribution in [0.1, 0.15) is 6.42 Å². The second-order valence-electron chi connectivity index (χ2n) is 4.20. The molecule has 0 saturated carbocycles. The first-order chi connectivity index (χ1) is 7.72. The van der Waals surface area contributed by atoms with Crippen LogP contribution in [-0.2, 0) is 4.74 Å². The number of hydrogen-bond acceptors (Lipinski definition) is 3. The molecule has 0 fully saturated rings. The Morgan fingerprint density at radius 1 is 1.25 bits per heavy atom. The molecule has 80 valence electrons. The van der Waals surface area contributed by atoms with E-state index in [0.717, 1.165) is 11.3 Å². The lowest BCUT2D eigenvalue weighted by atomic mass is 9.63. The van der Waals surface area contributed by atoms with Gasteiger partial charge >= 0.3 is 7.12 Å². The van der Waals surface area contributed by atoms with E-state index < -0.39 is 7.12 Å². The second-order valence-corrected chi connectivity index (χ2v) is 4.20. The zero-order chi connectivity index (χ0) is 11.2. The van der Waals surface area contributed by atoms with Crippen LogP contribution in [0.15, 0.2) is 59.5 Å². The van der Waals surface area contributed by atoms with Gasteiger partial charge in [-0.05, 0) is 18.0 Å². The lowest BCUT2D eigenvalue weighted by molar-refractivity contribution is 0.306. The molecule has 1 spiro atoms. The predicted molar refractivity (Wildman–Crippen MR) is 60.9 cm³/mol. The minimum Gasteiger partial charge on any atom is -0.468 e. The summed E-state index contributed by atoms with van der Waals surface area (Å²) in [5.41, 5.74) is 1.36. The van der Waals surface area contributed by atoms with E-state index in [4.69, 9.17) is 4.74 Å². The summed E-state index contributed by atoms with van der Waals surface area (Å²) in [6.07, 6.45) is 13.8. The maximum atomic E-state index is 9.24. The van der Waals surface area contributed by atoms with Crippen LogP contribution in [-0.4, -0.2) is 17.2 Å². The van der Waals surface area contributed by atoms with Gasteiger partial charge in [0.2, 0.25) is 0 Å². The van der Waals surface area contributed by atoms with Gasteiger partial charge in [-0.1, -0.05) is 30.4 Å². The van der Waals surface area contributed by atoms with Crippen molar-refractivity contribution in [2.45, 2.75) is 6.42 Å². The van der Waals surface area contributed by atoms with E-state index >= 15 is 0 Å². The van der Waals surface area contributed by atoms with Crippen molar-refractivity contribution < 1.29 is 14.8 Å². The molecule has 2 aliphatic carbocycles. The molecule has 4 heteroatoms. The number of ether oxygens (including phenoxy) is 1. The Labute approximate surface area is 93.9 Å². The summed E-state index contributed by atoms with van der Waals surface area (Å²) < 4.78 is 5.51. The summed E-state index contributed by atoms with van der Waals surface area (Å²) in [4.78, 5) is 0. The van der Waals surface area contributed by atoms with Crippen molar-refractivity contribution in [2.24, 2.45) is 5.41 Å². The van der Waals surface area contributed by atoms with Crippen LogP contribution in [0.2, 0.25) is 0 Å². The van der Waals surface area contributed by atoms with E-state index in [1.807, 2.05) is 30.4 Å². The molecular formula is C12H11BO3. The summed E-state index contributed by atoms with van der Waals surface area (Å²) in [5.74, 6) is 0.854. The summed E-state index contributed by atoms with van der Waals surface area (Å²) >= 11 is 0. The Hall–Kier alpha value is -1.52. The van der Waals surface area contributed by atoms with Crippen molar-refractivity contribution in [2.75, 3.05) is 0 Å². The number of hydrogen-bond donors (Lipinski definition) is 2. The fraction of sp³-hybridized carbons (Fsp3) is 0.167. The minimum atomic E-state index is -1.40. The molecule has 0 bridgehead atoms. The molecule has 3 rings (SSSR count). The van der Waals surface area contributed by atoms with Crippen molar-refractivity contribution in [3.05, 3.63) is 59.5 Å². The fourth-order valence-corrected chi connectivity index (χ4v) is 2.40. The van der Waals surface area contributed by atoms with E-state index in [-0.39, 0.29) is 5.41 Å². The average Bonchev–Trinajstić information content (AvgIpc) is 2.66. The standard InChI is InChI=1S/C12H11BO3/c14-13(15)10-4-5-11-12(7-10)6-2-1-3-9(12)8-16-11/h1-6,8,14-15H,7H2. The molecule has 0 aromatic carbocycles. The van der Waals surface area contributed by atoms with Gasteiger partial charge in [0, 0.05) is 5.57 Å². The van der Waals surface area contributed by atoms with Crippen molar-refractivity contribution in [1.82, 2.24) is 0 Å². The Morgan fingerprint density at radius 2 is 2.12 bits per heavy atom. The van der Waals surface area contributed by atoms with Crippen LogP contribution in [0.25, 0.3) is 0 Å². The van der Waals surface area contributed by atoms with Crippen LogP contribution in [0.5, 0.6) is 0 Å². The first-order valence-corrected chi connectivity index (χ1v) is 5.23. The first-order valence-electron chi connectivity index (χ1n) is 5.23. The fourth-order valence-electron chi connectivity index (χ4n) is 2.40. The lowest BCUT2D eigenvalue weighted by Crippen LogP contribution is -2.29. The molecule has 16 heavy (non-hydrogen) atoms. The largest absolute Gasteiger partial charge is 0.484 e. The van der Waals surface area contributed by atoms with Crippen LogP contribution in [0.3, 0.4) is 0 Å². The van der Waals surface area contributed by atoms with Crippen LogP contribution in [0.4, 0.5) is 0 Å². The van der Waals surface area contributed by atoms with Gasteiger partial charge < -0.3 is 14.8 Å². The lowest BCUT2D eigenvalue weighted by Gasteiger charge is -2.32. The molecule has 1 atom stereocenters. The van der Waals surface area contributed by atoms with Gasteiger partial charge in [-0.25, -0.2) is 0 Å². The molecule has 0 radical (unpaired) electrons. The highest BCUT2D eigenvalue weighted by molar-refractivity contribution is 6.50. The highest BCUT2D eigenvalue weighted by Crippen LogP contribution is 2.51. The topological polar surface area (TPSA) is 49.7 Å². The molecule has 3 aliphatic rings. The quantitative estimate of drug-likeness (QED) is 0.645. The Balaban J connectivity index is 2.06. The zero-order valence-corrected chi connectivity index (χ0v) is 8.63. The summed E-state index contributed by atoms with van der Waals surface area (Å²) in [6, 6.07) is 0. The monoisotopic (exact) mass is 214 g/mol. The Kier molecular flexibility index (Phi) is 1.96. The molecule has 0 amide bonds. The highest BCUT2D eigenvalue weighted by Gasteiger charge is 2.44. The second kappa shape index (κ2) is 3.24. The molecule has 2 N–H and O–H groups in total.